The highest BCUT2D eigenvalue weighted by molar-refractivity contribution is 6.31. The topological polar surface area (TPSA) is 21.1 Å². The average molecular weight is 304 g/mol. The Balaban J connectivity index is 1.67. The van der Waals surface area contributed by atoms with Crippen molar-refractivity contribution in [2.45, 2.75) is 31.7 Å². The Morgan fingerprint density at radius 1 is 1.24 bits per heavy atom. The lowest BCUT2D eigenvalue weighted by Gasteiger charge is -2.28. The van der Waals surface area contributed by atoms with Gasteiger partial charge >= 0.3 is 0 Å². The molecule has 1 aliphatic rings. The van der Waals surface area contributed by atoms with Gasteiger partial charge in [-0.15, -0.1) is 0 Å². The van der Waals surface area contributed by atoms with Gasteiger partial charge in [0.2, 0.25) is 0 Å². The van der Waals surface area contributed by atoms with Crippen LogP contribution in [0.15, 0.2) is 36.7 Å². The van der Waals surface area contributed by atoms with Crippen molar-refractivity contribution in [1.82, 2.24) is 14.5 Å². The van der Waals surface area contributed by atoms with Crippen LogP contribution in [-0.4, -0.2) is 34.6 Å². The first-order valence-electron chi connectivity index (χ1n) is 7.67. The summed E-state index contributed by atoms with van der Waals surface area (Å²) in [4.78, 5) is 7.01. The van der Waals surface area contributed by atoms with Gasteiger partial charge in [-0.3, -0.25) is 0 Å². The molecule has 21 heavy (non-hydrogen) atoms. The number of rotatable bonds is 4. The summed E-state index contributed by atoms with van der Waals surface area (Å²) in [6, 6.07) is 8.09. The summed E-state index contributed by atoms with van der Waals surface area (Å²) in [6.45, 7) is 3.29. The Bertz CT molecular complexity index is 585. The SMILES string of the molecule is CN1CCC(c2nccn2CCc2ccccc2Cl)CC1. The number of benzene rings is 1. The molecule has 1 fully saturated rings. The molecule has 4 heteroatoms. The molecule has 1 aliphatic heterocycles. The second-order valence-corrected chi connectivity index (χ2v) is 6.30. The van der Waals surface area contributed by atoms with Gasteiger partial charge in [0.25, 0.3) is 0 Å². The van der Waals surface area contributed by atoms with Crippen molar-refractivity contribution in [2.24, 2.45) is 0 Å². The fraction of sp³-hybridized carbons (Fsp3) is 0.471. The molecule has 3 rings (SSSR count). The van der Waals surface area contributed by atoms with Crippen LogP contribution in [0.5, 0.6) is 0 Å². The second kappa shape index (κ2) is 6.63. The van der Waals surface area contributed by atoms with Gasteiger partial charge in [0, 0.05) is 29.9 Å². The summed E-state index contributed by atoms with van der Waals surface area (Å²) >= 11 is 6.24. The van der Waals surface area contributed by atoms with Gasteiger partial charge in [0.1, 0.15) is 5.82 Å². The summed E-state index contributed by atoms with van der Waals surface area (Å²) in [5, 5.41) is 0.860. The molecule has 1 saturated heterocycles. The van der Waals surface area contributed by atoms with E-state index >= 15 is 0 Å². The lowest BCUT2D eigenvalue weighted by molar-refractivity contribution is 0.248. The smallest absolute Gasteiger partial charge is 0.111 e. The zero-order valence-electron chi connectivity index (χ0n) is 12.5. The Labute approximate surface area is 131 Å². The van der Waals surface area contributed by atoms with Gasteiger partial charge < -0.3 is 9.47 Å². The first-order valence-corrected chi connectivity index (χ1v) is 8.05. The lowest BCUT2D eigenvalue weighted by Crippen LogP contribution is -2.30. The normalized spacial score (nSPS) is 17.2. The van der Waals surface area contributed by atoms with Gasteiger partial charge in [-0.05, 0) is 51.0 Å². The van der Waals surface area contributed by atoms with Crippen LogP contribution in [0.1, 0.15) is 30.1 Å². The van der Waals surface area contributed by atoms with Gasteiger partial charge in [0.15, 0.2) is 0 Å². The standard InChI is InChI=1S/C17H22ClN3/c1-20-10-6-15(7-11-20)17-19-9-13-21(17)12-8-14-4-2-3-5-16(14)18/h2-5,9,13,15H,6-8,10-12H2,1H3. The molecule has 0 bridgehead atoms. The third kappa shape index (κ3) is 3.47. The van der Waals surface area contributed by atoms with Crippen LogP contribution >= 0.6 is 11.6 Å². The van der Waals surface area contributed by atoms with E-state index in [1.807, 2.05) is 24.4 Å². The van der Waals surface area contributed by atoms with E-state index in [-0.39, 0.29) is 0 Å². The predicted molar refractivity (Wildman–Crippen MR) is 86.9 cm³/mol. The van der Waals surface area contributed by atoms with Crippen molar-refractivity contribution >= 4 is 11.6 Å². The molecular weight excluding hydrogens is 282 g/mol. The van der Waals surface area contributed by atoms with Crippen LogP contribution in [0.25, 0.3) is 0 Å². The minimum Gasteiger partial charge on any atom is -0.334 e. The van der Waals surface area contributed by atoms with E-state index in [9.17, 15) is 0 Å². The summed E-state index contributed by atoms with van der Waals surface area (Å²) in [5.74, 6) is 1.84. The van der Waals surface area contributed by atoms with E-state index < -0.39 is 0 Å². The zero-order valence-corrected chi connectivity index (χ0v) is 13.3. The second-order valence-electron chi connectivity index (χ2n) is 5.90. The lowest BCUT2D eigenvalue weighted by atomic mass is 9.96. The fourth-order valence-electron chi connectivity index (χ4n) is 3.08. The largest absolute Gasteiger partial charge is 0.334 e. The average Bonchev–Trinajstić information content (AvgIpc) is 2.96. The van der Waals surface area contributed by atoms with Gasteiger partial charge in [-0.25, -0.2) is 4.98 Å². The summed E-state index contributed by atoms with van der Waals surface area (Å²) < 4.78 is 2.30. The zero-order chi connectivity index (χ0) is 14.7. The Morgan fingerprint density at radius 2 is 2.00 bits per heavy atom. The van der Waals surface area contributed by atoms with E-state index in [4.69, 9.17) is 11.6 Å². The van der Waals surface area contributed by atoms with Crippen molar-refractivity contribution in [2.75, 3.05) is 20.1 Å². The number of imidazole rings is 1. The van der Waals surface area contributed by atoms with Crippen LogP contribution in [0.4, 0.5) is 0 Å². The number of aryl methyl sites for hydroxylation is 2. The molecule has 3 nitrogen and oxygen atoms in total. The molecule has 0 amide bonds. The maximum Gasteiger partial charge on any atom is 0.111 e. The monoisotopic (exact) mass is 303 g/mol. The highest BCUT2D eigenvalue weighted by Gasteiger charge is 2.22. The molecule has 2 heterocycles. The van der Waals surface area contributed by atoms with Crippen LogP contribution < -0.4 is 0 Å². The number of nitrogens with zero attached hydrogens (tertiary/aromatic N) is 3. The molecule has 0 saturated carbocycles. The highest BCUT2D eigenvalue weighted by atomic mass is 35.5. The Hall–Kier alpha value is -1.32. The van der Waals surface area contributed by atoms with E-state index in [2.05, 4.69) is 33.8 Å². The van der Waals surface area contributed by atoms with Crippen LogP contribution in [-0.2, 0) is 13.0 Å². The molecule has 112 valence electrons. The van der Waals surface area contributed by atoms with E-state index in [0.29, 0.717) is 5.92 Å². The van der Waals surface area contributed by atoms with Crippen molar-refractivity contribution in [3.63, 3.8) is 0 Å². The number of hydrogen-bond donors (Lipinski definition) is 0. The number of hydrogen-bond acceptors (Lipinski definition) is 2. The number of aromatic nitrogens is 2. The van der Waals surface area contributed by atoms with Crippen molar-refractivity contribution in [3.05, 3.63) is 53.1 Å². The van der Waals surface area contributed by atoms with Crippen LogP contribution in [0, 0.1) is 0 Å². The Morgan fingerprint density at radius 3 is 2.76 bits per heavy atom. The summed E-state index contributed by atoms with van der Waals surface area (Å²) in [7, 11) is 2.19. The molecule has 0 atom stereocenters. The summed E-state index contributed by atoms with van der Waals surface area (Å²) in [6.07, 6.45) is 7.40. The third-order valence-electron chi connectivity index (χ3n) is 4.41. The van der Waals surface area contributed by atoms with E-state index in [1.165, 1.54) is 37.3 Å². The molecule has 0 unspecified atom stereocenters. The molecular formula is C17H22ClN3. The van der Waals surface area contributed by atoms with Crippen LogP contribution in [0.3, 0.4) is 0 Å². The third-order valence-corrected chi connectivity index (χ3v) is 4.78. The van der Waals surface area contributed by atoms with Gasteiger partial charge in [-0.1, -0.05) is 29.8 Å². The van der Waals surface area contributed by atoms with E-state index in [0.717, 1.165) is 18.0 Å². The van der Waals surface area contributed by atoms with Crippen molar-refractivity contribution < 1.29 is 0 Å². The minimum atomic E-state index is 0.599. The van der Waals surface area contributed by atoms with E-state index in [1.54, 1.807) is 0 Å². The quantitative estimate of drug-likeness (QED) is 0.860. The fourth-order valence-corrected chi connectivity index (χ4v) is 3.31. The summed E-state index contributed by atoms with van der Waals surface area (Å²) in [5.41, 5.74) is 1.21. The maximum absolute atomic E-state index is 6.24. The molecule has 0 N–H and O–H groups in total. The molecule has 1 aromatic carbocycles. The predicted octanol–water partition coefficient (Wildman–Crippen LogP) is 3.59. The maximum atomic E-state index is 6.24. The number of likely N-dealkylation sites (tertiary alicyclic amines) is 1. The Kier molecular flexibility index (Phi) is 4.61. The molecule has 0 radical (unpaired) electrons. The first kappa shape index (κ1) is 14.6. The van der Waals surface area contributed by atoms with Gasteiger partial charge in [-0.2, -0.15) is 0 Å². The van der Waals surface area contributed by atoms with Crippen LogP contribution in [0.2, 0.25) is 5.02 Å². The van der Waals surface area contributed by atoms with Crippen molar-refractivity contribution in [1.29, 1.82) is 0 Å². The molecule has 0 spiro atoms. The molecule has 1 aromatic heterocycles. The number of halogens is 1. The highest BCUT2D eigenvalue weighted by Crippen LogP contribution is 2.26. The molecule has 2 aromatic rings. The minimum absolute atomic E-state index is 0.599. The van der Waals surface area contributed by atoms with Gasteiger partial charge in [0.05, 0.1) is 0 Å². The number of piperidine rings is 1. The first-order chi connectivity index (χ1) is 10.2. The van der Waals surface area contributed by atoms with Crippen molar-refractivity contribution in [3.8, 4) is 0 Å². The molecule has 0 aliphatic carbocycles.